The zero-order valence-corrected chi connectivity index (χ0v) is 17.0. The van der Waals surface area contributed by atoms with Crippen molar-refractivity contribution in [2.24, 2.45) is 0 Å². The monoisotopic (exact) mass is 405 g/mol. The van der Waals surface area contributed by atoms with Gasteiger partial charge >= 0.3 is 0 Å². The maximum atomic E-state index is 13.6. The summed E-state index contributed by atoms with van der Waals surface area (Å²) in [5, 5.41) is 0.567. The molecule has 1 amide bonds. The topological polar surface area (TPSA) is 46.1 Å². The molecule has 2 heterocycles. The Hall–Kier alpha value is -3.12. The Bertz CT molecular complexity index is 1170. The summed E-state index contributed by atoms with van der Waals surface area (Å²) in [6.45, 7) is 4.44. The van der Waals surface area contributed by atoms with Crippen molar-refractivity contribution in [1.82, 2.24) is 9.97 Å². The van der Waals surface area contributed by atoms with E-state index in [1.54, 1.807) is 23.4 Å². The van der Waals surface area contributed by atoms with E-state index in [0.29, 0.717) is 17.2 Å². The van der Waals surface area contributed by atoms with E-state index in [0.717, 1.165) is 21.4 Å². The van der Waals surface area contributed by atoms with E-state index in [1.807, 2.05) is 38.1 Å². The van der Waals surface area contributed by atoms with Gasteiger partial charge in [0.05, 0.1) is 23.2 Å². The predicted octanol–water partition coefficient (Wildman–Crippen LogP) is 5.22. The van der Waals surface area contributed by atoms with E-state index in [1.165, 1.54) is 29.0 Å². The standard InChI is InChI=1S/C23H20FN3OS/c1-15-3-4-18(16(2)11-15)12-22(28)27(14-17-7-9-25-10-8-17)23-26-20-6-5-19(24)13-21(20)29-23/h3-11,13H,12,14H2,1-2H3. The highest BCUT2D eigenvalue weighted by Crippen LogP contribution is 2.31. The molecule has 2 aromatic heterocycles. The first kappa shape index (κ1) is 19.2. The molecule has 2 aromatic carbocycles. The second-order valence-corrected chi connectivity index (χ2v) is 8.06. The van der Waals surface area contributed by atoms with Crippen molar-refractivity contribution < 1.29 is 9.18 Å². The van der Waals surface area contributed by atoms with Crippen molar-refractivity contribution in [3.8, 4) is 0 Å². The van der Waals surface area contributed by atoms with Crippen LogP contribution in [0.15, 0.2) is 60.9 Å². The van der Waals surface area contributed by atoms with Crippen molar-refractivity contribution in [2.75, 3.05) is 4.90 Å². The van der Waals surface area contributed by atoms with Gasteiger partial charge in [-0.1, -0.05) is 35.1 Å². The zero-order chi connectivity index (χ0) is 20.4. The third-order valence-electron chi connectivity index (χ3n) is 4.80. The first-order valence-corrected chi connectivity index (χ1v) is 10.1. The van der Waals surface area contributed by atoms with Gasteiger partial charge in [0, 0.05) is 12.4 Å². The minimum atomic E-state index is -0.310. The number of carbonyl (C=O) groups is 1. The molecule has 4 nitrogen and oxygen atoms in total. The van der Waals surface area contributed by atoms with Crippen molar-refractivity contribution in [3.05, 3.63) is 89.0 Å². The number of hydrogen-bond donors (Lipinski definition) is 0. The number of rotatable bonds is 5. The number of benzene rings is 2. The van der Waals surface area contributed by atoms with Crippen LogP contribution >= 0.6 is 11.3 Å². The van der Waals surface area contributed by atoms with Crippen LogP contribution in [0.5, 0.6) is 0 Å². The van der Waals surface area contributed by atoms with Crippen molar-refractivity contribution in [2.45, 2.75) is 26.8 Å². The summed E-state index contributed by atoms with van der Waals surface area (Å²) >= 11 is 1.32. The second-order valence-electron chi connectivity index (χ2n) is 7.05. The van der Waals surface area contributed by atoms with Crippen LogP contribution < -0.4 is 4.90 Å². The fraction of sp³-hybridized carbons (Fsp3) is 0.174. The highest BCUT2D eigenvalue weighted by molar-refractivity contribution is 7.22. The molecular weight excluding hydrogens is 385 g/mol. The molecule has 0 unspecified atom stereocenters. The third-order valence-corrected chi connectivity index (χ3v) is 5.84. The molecule has 6 heteroatoms. The lowest BCUT2D eigenvalue weighted by Crippen LogP contribution is -2.31. The molecule has 0 fully saturated rings. The minimum Gasteiger partial charge on any atom is -0.283 e. The summed E-state index contributed by atoms with van der Waals surface area (Å²) in [5.41, 5.74) is 4.89. The smallest absolute Gasteiger partial charge is 0.233 e. The summed E-state index contributed by atoms with van der Waals surface area (Å²) in [4.78, 5) is 23.6. The average molecular weight is 405 g/mol. The van der Waals surface area contributed by atoms with Gasteiger partial charge in [0.2, 0.25) is 5.91 Å². The minimum absolute atomic E-state index is 0.0479. The third kappa shape index (κ3) is 4.32. The number of carbonyl (C=O) groups excluding carboxylic acids is 1. The van der Waals surface area contributed by atoms with Gasteiger partial charge < -0.3 is 0 Å². The Morgan fingerprint density at radius 3 is 2.62 bits per heavy atom. The number of aryl methyl sites for hydroxylation is 2. The first-order valence-electron chi connectivity index (χ1n) is 9.31. The Morgan fingerprint density at radius 2 is 1.86 bits per heavy atom. The Balaban J connectivity index is 1.69. The van der Waals surface area contributed by atoms with Crippen LogP contribution in [0.2, 0.25) is 0 Å². The van der Waals surface area contributed by atoms with Gasteiger partial charge in [0.15, 0.2) is 5.13 Å². The maximum Gasteiger partial charge on any atom is 0.233 e. The molecule has 0 radical (unpaired) electrons. The fourth-order valence-corrected chi connectivity index (χ4v) is 4.24. The van der Waals surface area contributed by atoms with Crippen LogP contribution in [0, 0.1) is 19.7 Å². The molecule has 0 atom stereocenters. The number of thiazole rings is 1. The van der Waals surface area contributed by atoms with Crippen molar-refractivity contribution in [1.29, 1.82) is 0 Å². The summed E-state index contributed by atoms with van der Waals surface area (Å²) < 4.78 is 14.3. The number of halogens is 1. The maximum absolute atomic E-state index is 13.6. The number of pyridine rings is 1. The summed E-state index contributed by atoms with van der Waals surface area (Å²) in [5.74, 6) is -0.358. The number of hydrogen-bond acceptors (Lipinski definition) is 4. The highest BCUT2D eigenvalue weighted by atomic mass is 32.1. The van der Waals surface area contributed by atoms with Crippen LogP contribution in [-0.4, -0.2) is 15.9 Å². The van der Waals surface area contributed by atoms with Gasteiger partial charge in [-0.05, 0) is 60.9 Å². The molecule has 0 aliphatic carbocycles. The van der Waals surface area contributed by atoms with Crippen molar-refractivity contribution in [3.63, 3.8) is 0 Å². The van der Waals surface area contributed by atoms with E-state index in [2.05, 4.69) is 16.0 Å². The summed E-state index contributed by atoms with van der Waals surface area (Å²) in [7, 11) is 0. The normalized spacial score (nSPS) is 11.0. The highest BCUT2D eigenvalue weighted by Gasteiger charge is 2.21. The molecule has 4 aromatic rings. The lowest BCUT2D eigenvalue weighted by atomic mass is 10.0. The molecule has 0 aliphatic heterocycles. The number of aromatic nitrogens is 2. The lowest BCUT2D eigenvalue weighted by Gasteiger charge is -2.20. The molecule has 29 heavy (non-hydrogen) atoms. The van der Waals surface area contributed by atoms with E-state index in [4.69, 9.17) is 0 Å². The van der Waals surface area contributed by atoms with Crippen LogP contribution in [0.1, 0.15) is 22.3 Å². The van der Waals surface area contributed by atoms with E-state index < -0.39 is 0 Å². The van der Waals surface area contributed by atoms with Crippen LogP contribution in [0.3, 0.4) is 0 Å². The molecule has 0 N–H and O–H groups in total. The molecule has 0 bridgehead atoms. The van der Waals surface area contributed by atoms with Crippen LogP contribution in [0.4, 0.5) is 9.52 Å². The van der Waals surface area contributed by atoms with Gasteiger partial charge in [-0.3, -0.25) is 14.7 Å². The van der Waals surface area contributed by atoms with Crippen molar-refractivity contribution >= 4 is 32.6 Å². The largest absolute Gasteiger partial charge is 0.283 e. The molecule has 0 saturated carbocycles. The quantitative estimate of drug-likeness (QED) is 0.457. The average Bonchev–Trinajstić information content (AvgIpc) is 3.11. The Labute approximate surface area is 172 Å². The molecule has 146 valence electrons. The molecule has 4 rings (SSSR count). The Kier molecular flexibility index (Phi) is 5.36. The first-order chi connectivity index (χ1) is 14.0. The molecule has 0 spiro atoms. The summed E-state index contributed by atoms with van der Waals surface area (Å²) in [6, 6.07) is 14.3. The number of amides is 1. The van der Waals surface area contributed by atoms with Crippen LogP contribution in [0.25, 0.3) is 10.2 Å². The lowest BCUT2D eigenvalue weighted by molar-refractivity contribution is -0.118. The van der Waals surface area contributed by atoms with Gasteiger partial charge in [-0.2, -0.15) is 0 Å². The summed E-state index contributed by atoms with van der Waals surface area (Å²) in [6.07, 6.45) is 3.69. The SMILES string of the molecule is Cc1ccc(CC(=O)N(Cc2ccncc2)c2nc3ccc(F)cc3s2)c(C)c1. The Morgan fingerprint density at radius 1 is 1.07 bits per heavy atom. The van der Waals surface area contributed by atoms with Gasteiger partial charge in [-0.25, -0.2) is 9.37 Å². The van der Waals surface area contributed by atoms with E-state index in [9.17, 15) is 9.18 Å². The van der Waals surface area contributed by atoms with Crippen LogP contribution in [-0.2, 0) is 17.8 Å². The molecule has 0 saturated heterocycles. The zero-order valence-electron chi connectivity index (χ0n) is 16.2. The van der Waals surface area contributed by atoms with Gasteiger partial charge in [-0.15, -0.1) is 0 Å². The fourth-order valence-electron chi connectivity index (χ4n) is 3.24. The van der Waals surface area contributed by atoms with E-state index in [-0.39, 0.29) is 18.1 Å². The number of nitrogens with zero attached hydrogens (tertiary/aromatic N) is 3. The van der Waals surface area contributed by atoms with Gasteiger partial charge in [0.1, 0.15) is 5.82 Å². The van der Waals surface area contributed by atoms with E-state index >= 15 is 0 Å². The molecular formula is C23H20FN3OS. The number of anilines is 1. The predicted molar refractivity (Wildman–Crippen MR) is 115 cm³/mol. The molecule has 0 aliphatic rings. The second kappa shape index (κ2) is 8.09. The number of fused-ring (bicyclic) bond motifs is 1. The van der Waals surface area contributed by atoms with Gasteiger partial charge in [0.25, 0.3) is 0 Å².